The summed E-state index contributed by atoms with van der Waals surface area (Å²) in [7, 11) is -3.74. The standard InChI is InChI=1S/C23H29Br2N3O4S/c1-4-5-14-26-23(30)17(2)27(15-18-6-8-19(24)9-7-18)22(29)16-28(33(3,31)32)21-12-10-20(25)11-13-21/h6-13,17H,4-5,14-16H2,1-3H3,(H,26,30)/t17-/m1/s1. The monoisotopic (exact) mass is 601 g/mol. The van der Waals surface area contributed by atoms with Crippen LogP contribution in [0.25, 0.3) is 0 Å². The van der Waals surface area contributed by atoms with Crippen LogP contribution in [-0.2, 0) is 26.2 Å². The topological polar surface area (TPSA) is 86.8 Å². The van der Waals surface area contributed by atoms with Crippen molar-refractivity contribution in [3.63, 3.8) is 0 Å². The van der Waals surface area contributed by atoms with Crippen molar-refractivity contribution >= 4 is 59.4 Å². The minimum atomic E-state index is -3.74. The van der Waals surface area contributed by atoms with Gasteiger partial charge in [-0.2, -0.15) is 0 Å². The van der Waals surface area contributed by atoms with E-state index >= 15 is 0 Å². The molecule has 0 fully saturated rings. The summed E-state index contributed by atoms with van der Waals surface area (Å²) in [5, 5.41) is 2.86. The van der Waals surface area contributed by atoms with Crippen molar-refractivity contribution in [2.45, 2.75) is 39.3 Å². The molecule has 0 aliphatic heterocycles. The zero-order valence-electron chi connectivity index (χ0n) is 18.9. The van der Waals surface area contributed by atoms with Crippen LogP contribution < -0.4 is 9.62 Å². The minimum absolute atomic E-state index is 0.173. The zero-order valence-corrected chi connectivity index (χ0v) is 22.9. The number of unbranched alkanes of at least 4 members (excludes halogenated alkanes) is 1. The first-order valence-electron chi connectivity index (χ1n) is 10.6. The van der Waals surface area contributed by atoms with Gasteiger partial charge in [0.05, 0.1) is 11.9 Å². The van der Waals surface area contributed by atoms with Gasteiger partial charge in [-0.1, -0.05) is 57.3 Å². The lowest BCUT2D eigenvalue weighted by atomic mass is 10.1. The molecule has 1 N–H and O–H groups in total. The van der Waals surface area contributed by atoms with Gasteiger partial charge in [0, 0.05) is 22.0 Å². The van der Waals surface area contributed by atoms with E-state index in [1.165, 1.54) is 4.90 Å². The van der Waals surface area contributed by atoms with Crippen molar-refractivity contribution in [1.82, 2.24) is 10.2 Å². The maximum Gasteiger partial charge on any atom is 0.244 e. The Labute approximate surface area is 212 Å². The number of nitrogens with one attached hydrogen (secondary N) is 1. The van der Waals surface area contributed by atoms with Crippen LogP contribution in [0.1, 0.15) is 32.3 Å². The van der Waals surface area contributed by atoms with E-state index in [4.69, 9.17) is 0 Å². The number of hydrogen-bond acceptors (Lipinski definition) is 4. The number of anilines is 1. The molecule has 0 aromatic heterocycles. The van der Waals surface area contributed by atoms with Crippen molar-refractivity contribution in [3.05, 3.63) is 63.0 Å². The molecule has 0 radical (unpaired) electrons. The van der Waals surface area contributed by atoms with Crippen LogP contribution in [0, 0.1) is 0 Å². The predicted molar refractivity (Wildman–Crippen MR) is 138 cm³/mol. The summed E-state index contributed by atoms with van der Waals surface area (Å²) in [6, 6.07) is 13.3. The van der Waals surface area contributed by atoms with E-state index in [1.807, 2.05) is 31.2 Å². The molecule has 2 aromatic carbocycles. The number of carbonyl (C=O) groups excluding carboxylic acids is 2. The molecule has 2 rings (SSSR count). The van der Waals surface area contributed by atoms with Crippen LogP contribution in [0.15, 0.2) is 57.5 Å². The van der Waals surface area contributed by atoms with Crippen LogP contribution in [0.4, 0.5) is 5.69 Å². The molecule has 0 saturated carbocycles. The van der Waals surface area contributed by atoms with Crippen molar-refractivity contribution in [2.24, 2.45) is 0 Å². The normalized spacial score (nSPS) is 12.2. The molecule has 1 atom stereocenters. The molecule has 0 heterocycles. The van der Waals surface area contributed by atoms with E-state index in [-0.39, 0.29) is 12.5 Å². The van der Waals surface area contributed by atoms with Gasteiger partial charge in [0.1, 0.15) is 12.6 Å². The van der Waals surface area contributed by atoms with Crippen LogP contribution in [-0.4, -0.2) is 50.5 Å². The van der Waals surface area contributed by atoms with Crippen LogP contribution in [0.3, 0.4) is 0 Å². The average Bonchev–Trinajstić information content (AvgIpc) is 2.76. The van der Waals surface area contributed by atoms with Crippen LogP contribution in [0.5, 0.6) is 0 Å². The molecule has 180 valence electrons. The second-order valence-electron chi connectivity index (χ2n) is 7.71. The molecule has 2 aromatic rings. The van der Waals surface area contributed by atoms with Gasteiger partial charge in [-0.25, -0.2) is 8.42 Å². The van der Waals surface area contributed by atoms with E-state index < -0.39 is 28.5 Å². The van der Waals surface area contributed by atoms with Crippen molar-refractivity contribution in [2.75, 3.05) is 23.7 Å². The van der Waals surface area contributed by atoms with Crippen molar-refractivity contribution in [3.8, 4) is 0 Å². The van der Waals surface area contributed by atoms with E-state index in [0.29, 0.717) is 12.2 Å². The Morgan fingerprint density at radius 3 is 2.06 bits per heavy atom. The largest absolute Gasteiger partial charge is 0.354 e. The molecule has 0 aliphatic rings. The lowest BCUT2D eigenvalue weighted by Crippen LogP contribution is -2.51. The summed E-state index contributed by atoms with van der Waals surface area (Å²) < 4.78 is 27.8. The first-order valence-corrected chi connectivity index (χ1v) is 14.0. The fraction of sp³-hybridized carbons (Fsp3) is 0.391. The predicted octanol–water partition coefficient (Wildman–Crippen LogP) is 4.31. The number of rotatable bonds is 11. The van der Waals surface area contributed by atoms with Gasteiger partial charge in [-0.3, -0.25) is 13.9 Å². The Bertz CT molecular complexity index is 1040. The van der Waals surface area contributed by atoms with E-state index in [1.54, 1.807) is 31.2 Å². The smallest absolute Gasteiger partial charge is 0.244 e. The summed E-state index contributed by atoms with van der Waals surface area (Å²) in [5.74, 6) is -0.743. The van der Waals surface area contributed by atoms with Crippen molar-refractivity contribution < 1.29 is 18.0 Å². The molecule has 0 aliphatic carbocycles. The highest BCUT2D eigenvalue weighted by Gasteiger charge is 2.30. The fourth-order valence-corrected chi connectivity index (χ4v) is 4.50. The maximum absolute atomic E-state index is 13.4. The highest BCUT2D eigenvalue weighted by molar-refractivity contribution is 9.10. The fourth-order valence-electron chi connectivity index (χ4n) is 3.13. The second kappa shape index (κ2) is 12.5. The van der Waals surface area contributed by atoms with Crippen molar-refractivity contribution in [1.29, 1.82) is 0 Å². The van der Waals surface area contributed by atoms with Crippen LogP contribution in [0.2, 0.25) is 0 Å². The number of sulfonamides is 1. The summed E-state index contributed by atoms with van der Waals surface area (Å²) in [4.78, 5) is 27.6. The van der Waals surface area contributed by atoms with E-state index in [2.05, 4.69) is 37.2 Å². The molecular formula is C23H29Br2N3O4S. The third-order valence-corrected chi connectivity index (χ3v) is 7.25. The third-order valence-electron chi connectivity index (χ3n) is 5.06. The average molecular weight is 603 g/mol. The van der Waals surface area contributed by atoms with Gasteiger partial charge in [-0.05, 0) is 55.3 Å². The van der Waals surface area contributed by atoms with E-state index in [9.17, 15) is 18.0 Å². The zero-order chi connectivity index (χ0) is 24.6. The first kappa shape index (κ1) is 27.3. The van der Waals surface area contributed by atoms with Gasteiger partial charge in [0.15, 0.2) is 0 Å². The Balaban J connectivity index is 2.32. The Morgan fingerprint density at radius 1 is 1.00 bits per heavy atom. The Kier molecular flexibility index (Phi) is 10.4. The SMILES string of the molecule is CCCCNC(=O)[C@@H](C)N(Cc1ccc(Br)cc1)C(=O)CN(c1ccc(Br)cc1)S(C)(=O)=O. The van der Waals surface area contributed by atoms with E-state index in [0.717, 1.165) is 37.9 Å². The Hall–Kier alpha value is -1.91. The third kappa shape index (κ3) is 8.42. The number of halogens is 2. The second-order valence-corrected chi connectivity index (χ2v) is 11.5. The molecule has 0 spiro atoms. The van der Waals surface area contributed by atoms with Gasteiger partial charge < -0.3 is 10.2 Å². The summed E-state index contributed by atoms with van der Waals surface area (Å²) in [5.41, 5.74) is 1.20. The minimum Gasteiger partial charge on any atom is -0.354 e. The molecule has 0 unspecified atom stereocenters. The number of benzene rings is 2. The number of carbonyl (C=O) groups is 2. The quantitative estimate of drug-likeness (QED) is 0.388. The molecule has 10 heteroatoms. The molecule has 33 heavy (non-hydrogen) atoms. The number of nitrogens with zero attached hydrogens (tertiary/aromatic N) is 2. The number of hydrogen-bond donors (Lipinski definition) is 1. The van der Waals surface area contributed by atoms with Gasteiger partial charge in [0.25, 0.3) is 0 Å². The lowest BCUT2D eigenvalue weighted by molar-refractivity contribution is -0.139. The van der Waals surface area contributed by atoms with Crippen LogP contribution >= 0.6 is 31.9 Å². The summed E-state index contributed by atoms with van der Waals surface area (Å²) >= 11 is 6.72. The lowest BCUT2D eigenvalue weighted by Gasteiger charge is -2.31. The summed E-state index contributed by atoms with van der Waals surface area (Å²) in [6.07, 6.45) is 2.83. The van der Waals surface area contributed by atoms with Gasteiger partial charge in [0.2, 0.25) is 21.8 Å². The molecular weight excluding hydrogens is 574 g/mol. The summed E-state index contributed by atoms with van der Waals surface area (Å²) in [6.45, 7) is 3.97. The Morgan fingerprint density at radius 2 is 1.55 bits per heavy atom. The van der Waals surface area contributed by atoms with Gasteiger partial charge in [-0.15, -0.1) is 0 Å². The number of amides is 2. The van der Waals surface area contributed by atoms with Gasteiger partial charge >= 0.3 is 0 Å². The highest BCUT2D eigenvalue weighted by Crippen LogP contribution is 2.22. The molecule has 2 amide bonds. The molecule has 0 saturated heterocycles. The highest BCUT2D eigenvalue weighted by atomic mass is 79.9. The first-order chi connectivity index (χ1) is 15.5. The maximum atomic E-state index is 13.4. The molecule has 7 nitrogen and oxygen atoms in total. The molecule has 0 bridgehead atoms.